The first kappa shape index (κ1) is 21.7. The van der Waals surface area contributed by atoms with Gasteiger partial charge in [-0.25, -0.2) is 19.5 Å². The van der Waals surface area contributed by atoms with E-state index < -0.39 is 47.2 Å². The first-order chi connectivity index (χ1) is 12.6. The van der Waals surface area contributed by atoms with Gasteiger partial charge in [0.2, 0.25) is 0 Å². The van der Waals surface area contributed by atoms with E-state index in [0.717, 1.165) is 6.34 Å². The average molecular weight is 426 g/mol. The van der Waals surface area contributed by atoms with Gasteiger partial charge in [-0.1, -0.05) is 0 Å². The number of anilines is 2. The van der Waals surface area contributed by atoms with E-state index in [2.05, 4.69) is 29.3 Å². The lowest BCUT2D eigenvalue weighted by atomic mass is 10.1. The summed E-state index contributed by atoms with van der Waals surface area (Å²) in [5, 5.41) is 12.9. The standard InChI is InChI=1S/C11H17N5O9P2/c1-5-7(10(12)15-3-13-5)14-4-16-11-8(17)9(25-27(20,21)22)6(24-11)2-23-26(18)19/h3-4,6,8-9,11,17H,2H2,1H3,(H5-,12,13,14,15,16,18,19,20,21,22)/p+1. The van der Waals surface area contributed by atoms with E-state index in [-0.39, 0.29) is 5.82 Å². The number of nitrogens with zero attached hydrogens (tertiary/aromatic N) is 3. The minimum Gasteiger partial charge on any atom is -0.385 e. The van der Waals surface area contributed by atoms with Crippen molar-refractivity contribution in [3.8, 4) is 0 Å². The van der Waals surface area contributed by atoms with E-state index in [9.17, 15) is 14.2 Å². The van der Waals surface area contributed by atoms with Crippen molar-refractivity contribution < 1.29 is 42.7 Å². The molecule has 0 spiro atoms. The lowest BCUT2D eigenvalue weighted by Gasteiger charge is -2.18. The van der Waals surface area contributed by atoms with Crippen molar-refractivity contribution in [2.75, 3.05) is 17.7 Å². The number of aryl methyl sites for hydroxylation is 1. The Labute approximate surface area is 153 Å². The van der Waals surface area contributed by atoms with Crippen LogP contribution in [0.1, 0.15) is 5.69 Å². The molecule has 150 valence electrons. The van der Waals surface area contributed by atoms with Crippen molar-refractivity contribution in [2.24, 2.45) is 4.99 Å². The molecule has 0 amide bonds. The van der Waals surface area contributed by atoms with Gasteiger partial charge in [0.15, 0.2) is 12.0 Å². The Hall–Kier alpha value is -1.60. The predicted octanol–water partition coefficient (Wildman–Crippen LogP) is -0.963. The molecule has 0 bridgehead atoms. The lowest BCUT2D eigenvalue weighted by molar-refractivity contribution is -0.0134. The SMILES string of the molecule is Cc1ncnc(N)c1NC=NC1OC(CO[P+](=O)O)C(OP(=O)(O)O)C1O. The molecule has 1 aromatic heterocycles. The number of hydrogen-bond donors (Lipinski definition) is 6. The van der Waals surface area contributed by atoms with Gasteiger partial charge in [-0.05, 0) is 6.92 Å². The van der Waals surface area contributed by atoms with Crippen LogP contribution in [0.3, 0.4) is 0 Å². The van der Waals surface area contributed by atoms with Crippen LogP contribution in [0.15, 0.2) is 11.3 Å². The zero-order valence-corrected chi connectivity index (χ0v) is 15.6. The highest BCUT2D eigenvalue weighted by atomic mass is 31.2. The average Bonchev–Trinajstić information content (AvgIpc) is 2.83. The predicted molar refractivity (Wildman–Crippen MR) is 90.7 cm³/mol. The van der Waals surface area contributed by atoms with Crippen molar-refractivity contribution in [2.45, 2.75) is 31.5 Å². The number of nitrogen functional groups attached to an aromatic ring is 1. The van der Waals surface area contributed by atoms with Gasteiger partial charge in [0.05, 0.1) is 12.0 Å². The topological polar surface area (TPSA) is 219 Å². The fourth-order valence-corrected chi connectivity index (χ4v) is 3.10. The van der Waals surface area contributed by atoms with Crippen LogP contribution in [-0.2, 0) is 22.9 Å². The second-order valence-electron chi connectivity index (χ2n) is 5.29. The molecule has 0 radical (unpaired) electrons. The highest BCUT2D eigenvalue weighted by Gasteiger charge is 2.48. The number of aliphatic hydroxyl groups is 1. The molecule has 5 atom stereocenters. The third-order valence-electron chi connectivity index (χ3n) is 3.41. The van der Waals surface area contributed by atoms with Crippen LogP contribution in [-0.4, -0.2) is 67.2 Å². The van der Waals surface area contributed by atoms with E-state index in [0.29, 0.717) is 11.4 Å². The Bertz CT molecular complexity index is 739. The van der Waals surface area contributed by atoms with Gasteiger partial charge in [-0.3, -0.25) is 4.52 Å². The Morgan fingerprint density at radius 2 is 2.22 bits per heavy atom. The largest absolute Gasteiger partial charge is 0.694 e. The number of nitrogens with one attached hydrogen (secondary N) is 1. The zero-order chi connectivity index (χ0) is 20.2. The summed E-state index contributed by atoms with van der Waals surface area (Å²) in [5.74, 6) is 0.155. The molecule has 16 heteroatoms. The van der Waals surface area contributed by atoms with E-state index in [1.807, 2.05) is 0 Å². The lowest BCUT2D eigenvalue weighted by Crippen LogP contribution is -2.36. The third kappa shape index (κ3) is 6.21. The Balaban J connectivity index is 2.09. The molecule has 1 fully saturated rings. The quantitative estimate of drug-likeness (QED) is 0.168. The summed E-state index contributed by atoms with van der Waals surface area (Å²) in [6, 6.07) is 0. The fraction of sp³-hybridized carbons (Fsp3) is 0.545. The first-order valence-corrected chi connectivity index (χ1v) is 9.96. The van der Waals surface area contributed by atoms with Crippen molar-refractivity contribution >= 4 is 33.9 Å². The van der Waals surface area contributed by atoms with Crippen LogP contribution in [0.4, 0.5) is 11.5 Å². The molecule has 2 heterocycles. The summed E-state index contributed by atoms with van der Waals surface area (Å²) in [6.07, 6.45) is -3.29. The fourth-order valence-electron chi connectivity index (χ4n) is 2.25. The number of aromatic nitrogens is 2. The molecule has 5 unspecified atom stereocenters. The Kier molecular flexibility index (Phi) is 7.28. The maximum atomic E-state index is 11.1. The highest BCUT2D eigenvalue weighted by Crippen LogP contribution is 2.42. The summed E-state index contributed by atoms with van der Waals surface area (Å²) in [6.45, 7) is 1.11. The number of aliphatic hydroxyl groups excluding tert-OH is 1. The molecule has 0 aliphatic carbocycles. The normalized spacial score (nSPS) is 26.5. The van der Waals surface area contributed by atoms with Crippen molar-refractivity contribution in [3.05, 3.63) is 12.0 Å². The monoisotopic (exact) mass is 426 g/mol. The number of aliphatic imine (C=N–C) groups is 1. The molecule has 1 aromatic rings. The van der Waals surface area contributed by atoms with Gasteiger partial charge in [0.1, 0.15) is 36.9 Å². The van der Waals surface area contributed by atoms with Crippen LogP contribution in [0.5, 0.6) is 0 Å². The number of hydrogen-bond acceptors (Lipinski definition) is 10. The number of ether oxygens (including phenoxy) is 1. The number of nitrogens with two attached hydrogens (primary N) is 1. The van der Waals surface area contributed by atoms with Crippen molar-refractivity contribution in [3.63, 3.8) is 0 Å². The van der Waals surface area contributed by atoms with Gasteiger partial charge in [0.25, 0.3) is 0 Å². The molecule has 1 saturated heterocycles. The molecule has 14 nitrogen and oxygen atoms in total. The summed E-state index contributed by atoms with van der Waals surface area (Å²) < 4.78 is 36.0. The minimum absolute atomic E-state index is 0.155. The molecule has 2 rings (SSSR count). The molecule has 7 N–H and O–H groups in total. The van der Waals surface area contributed by atoms with Crippen LogP contribution in [0, 0.1) is 6.92 Å². The maximum Gasteiger partial charge on any atom is 0.694 e. The van der Waals surface area contributed by atoms with Gasteiger partial charge in [0, 0.05) is 4.57 Å². The van der Waals surface area contributed by atoms with E-state index in [1.165, 1.54) is 6.33 Å². The molecule has 27 heavy (non-hydrogen) atoms. The van der Waals surface area contributed by atoms with Crippen molar-refractivity contribution in [1.29, 1.82) is 0 Å². The summed E-state index contributed by atoms with van der Waals surface area (Å²) in [4.78, 5) is 38.2. The highest BCUT2D eigenvalue weighted by molar-refractivity contribution is 7.46. The van der Waals surface area contributed by atoms with E-state index >= 15 is 0 Å². The van der Waals surface area contributed by atoms with Crippen molar-refractivity contribution in [1.82, 2.24) is 9.97 Å². The molecule has 1 aliphatic rings. The molecule has 0 aromatic carbocycles. The summed E-state index contributed by atoms with van der Waals surface area (Å²) in [7, 11) is -7.97. The third-order valence-corrected chi connectivity index (χ3v) is 4.30. The second-order valence-corrected chi connectivity index (χ2v) is 7.22. The van der Waals surface area contributed by atoms with Crippen LogP contribution in [0.25, 0.3) is 0 Å². The Morgan fingerprint density at radius 3 is 2.81 bits per heavy atom. The minimum atomic E-state index is -4.98. The smallest absolute Gasteiger partial charge is 0.385 e. The molecule has 0 saturated carbocycles. The van der Waals surface area contributed by atoms with Gasteiger partial charge >= 0.3 is 16.1 Å². The zero-order valence-electron chi connectivity index (χ0n) is 13.8. The number of phosphoric acid groups is 1. The van der Waals surface area contributed by atoms with Gasteiger partial charge in [-0.15, -0.1) is 9.42 Å². The first-order valence-electron chi connectivity index (χ1n) is 7.30. The van der Waals surface area contributed by atoms with Gasteiger partial charge < -0.3 is 30.7 Å². The molecular weight excluding hydrogens is 408 g/mol. The number of phosphoric ester groups is 1. The van der Waals surface area contributed by atoms with Crippen LogP contribution >= 0.6 is 16.1 Å². The van der Waals surface area contributed by atoms with Gasteiger partial charge in [-0.2, -0.15) is 0 Å². The van der Waals surface area contributed by atoms with Crippen LogP contribution in [0.2, 0.25) is 0 Å². The summed E-state index contributed by atoms with van der Waals surface area (Å²) >= 11 is 0. The maximum absolute atomic E-state index is 11.1. The number of rotatable bonds is 8. The molecular formula is C11H18N5O9P2+. The second kappa shape index (κ2) is 9.06. The van der Waals surface area contributed by atoms with Crippen LogP contribution < -0.4 is 11.1 Å². The van der Waals surface area contributed by atoms with E-state index in [4.69, 9.17) is 25.2 Å². The summed E-state index contributed by atoms with van der Waals surface area (Å²) in [5.41, 5.74) is 6.59. The Morgan fingerprint density at radius 1 is 1.52 bits per heavy atom. The molecule has 1 aliphatic heterocycles. The van der Waals surface area contributed by atoms with E-state index in [1.54, 1.807) is 6.92 Å².